The molecule has 2 aromatic heterocycles. The van der Waals surface area contributed by atoms with Crippen LogP contribution >= 0.6 is 0 Å². The number of rotatable bonds is 4. The topological polar surface area (TPSA) is 70.7 Å². The highest BCUT2D eigenvalue weighted by atomic mass is 16.1. The Hall–Kier alpha value is -2.95. The lowest BCUT2D eigenvalue weighted by Crippen LogP contribution is -2.23. The molecule has 1 aromatic carbocycles. The van der Waals surface area contributed by atoms with E-state index in [-0.39, 0.29) is 5.91 Å². The smallest absolute Gasteiger partial charge is 0.251 e. The molecule has 3 rings (SSSR count). The Bertz CT molecular complexity index is 706. The summed E-state index contributed by atoms with van der Waals surface area (Å²) in [7, 11) is 0. The number of aromatic nitrogens is 3. The Morgan fingerprint density at radius 3 is 2.62 bits per heavy atom. The van der Waals surface area contributed by atoms with E-state index < -0.39 is 0 Å². The summed E-state index contributed by atoms with van der Waals surface area (Å²) in [6, 6.07) is 13.0. The lowest BCUT2D eigenvalue weighted by atomic mass is 10.1. The van der Waals surface area contributed by atoms with Crippen LogP contribution in [0.15, 0.2) is 61.1 Å². The molecule has 0 saturated carbocycles. The van der Waals surface area contributed by atoms with Gasteiger partial charge in [-0.1, -0.05) is 18.2 Å². The third-order valence-corrected chi connectivity index (χ3v) is 3.13. The first kappa shape index (κ1) is 13.1. The highest BCUT2D eigenvalue weighted by Crippen LogP contribution is 2.17. The second-order valence-electron chi connectivity index (χ2n) is 4.57. The average molecular weight is 278 g/mol. The lowest BCUT2D eigenvalue weighted by molar-refractivity contribution is 0.0950. The highest BCUT2D eigenvalue weighted by Gasteiger charge is 2.06. The summed E-state index contributed by atoms with van der Waals surface area (Å²) < 4.78 is 0. The van der Waals surface area contributed by atoms with E-state index in [0.717, 1.165) is 16.8 Å². The van der Waals surface area contributed by atoms with E-state index in [1.807, 2.05) is 36.5 Å². The van der Waals surface area contributed by atoms with Gasteiger partial charge in [-0.2, -0.15) is 5.10 Å². The van der Waals surface area contributed by atoms with Gasteiger partial charge in [0.25, 0.3) is 5.91 Å². The normalized spacial score (nSPS) is 10.3. The quantitative estimate of drug-likeness (QED) is 0.770. The zero-order valence-electron chi connectivity index (χ0n) is 11.3. The number of benzene rings is 1. The fourth-order valence-corrected chi connectivity index (χ4v) is 2.00. The van der Waals surface area contributed by atoms with E-state index in [0.29, 0.717) is 12.1 Å². The number of hydrogen-bond acceptors (Lipinski definition) is 3. The number of carbonyl (C=O) groups is 1. The molecule has 1 amide bonds. The molecule has 0 aliphatic carbocycles. The van der Waals surface area contributed by atoms with Crippen molar-refractivity contribution in [1.29, 1.82) is 0 Å². The molecule has 3 aromatic rings. The molecule has 2 N–H and O–H groups in total. The highest BCUT2D eigenvalue weighted by molar-refractivity contribution is 5.94. The van der Waals surface area contributed by atoms with Crippen LogP contribution < -0.4 is 5.32 Å². The molecule has 5 heteroatoms. The van der Waals surface area contributed by atoms with Crippen LogP contribution in [0.5, 0.6) is 0 Å². The van der Waals surface area contributed by atoms with Crippen LogP contribution in [0, 0.1) is 0 Å². The van der Waals surface area contributed by atoms with E-state index in [1.165, 1.54) is 0 Å². The summed E-state index contributed by atoms with van der Waals surface area (Å²) in [6.07, 6.45) is 5.27. The largest absolute Gasteiger partial charge is 0.346 e. The number of hydrogen-bond donors (Lipinski definition) is 2. The molecule has 0 saturated heterocycles. The molecule has 0 bridgehead atoms. The fraction of sp³-hybridized carbons (Fsp3) is 0.0625. The van der Waals surface area contributed by atoms with Crippen molar-refractivity contribution in [3.8, 4) is 11.1 Å². The summed E-state index contributed by atoms with van der Waals surface area (Å²) in [6.45, 7) is 0.420. The first-order valence-electron chi connectivity index (χ1n) is 6.60. The maximum atomic E-state index is 12.1. The van der Waals surface area contributed by atoms with Crippen molar-refractivity contribution in [2.24, 2.45) is 0 Å². The molecule has 0 spiro atoms. The van der Waals surface area contributed by atoms with Gasteiger partial charge >= 0.3 is 0 Å². The number of H-pyrrole nitrogens is 1. The van der Waals surface area contributed by atoms with E-state index in [1.54, 1.807) is 24.5 Å². The minimum Gasteiger partial charge on any atom is -0.346 e. The van der Waals surface area contributed by atoms with Gasteiger partial charge in [0.05, 0.1) is 18.4 Å². The van der Waals surface area contributed by atoms with Gasteiger partial charge in [-0.3, -0.25) is 14.9 Å². The van der Waals surface area contributed by atoms with Crippen LogP contribution in [-0.2, 0) is 6.54 Å². The summed E-state index contributed by atoms with van der Waals surface area (Å²) in [5, 5.41) is 9.53. The summed E-state index contributed by atoms with van der Waals surface area (Å²) in [4.78, 5) is 16.2. The Balaban J connectivity index is 1.65. The Kier molecular flexibility index (Phi) is 3.73. The average Bonchev–Trinajstić information content (AvgIpc) is 3.08. The van der Waals surface area contributed by atoms with Gasteiger partial charge in [0.1, 0.15) is 0 Å². The van der Waals surface area contributed by atoms with E-state index in [4.69, 9.17) is 0 Å². The predicted molar refractivity (Wildman–Crippen MR) is 79.4 cm³/mol. The van der Waals surface area contributed by atoms with Gasteiger partial charge in [0.2, 0.25) is 0 Å². The molecule has 0 aliphatic heterocycles. The number of nitrogens with zero attached hydrogens (tertiary/aromatic N) is 2. The Morgan fingerprint density at radius 1 is 1.10 bits per heavy atom. The molecule has 0 atom stereocenters. The van der Waals surface area contributed by atoms with Gasteiger partial charge in [-0.15, -0.1) is 0 Å². The van der Waals surface area contributed by atoms with Crippen molar-refractivity contribution in [2.75, 3.05) is 0 Å². The molecule has 2 heterocycles. The van der Waals surface area contributed by atoms with Gasteiger partial charge in [0, 0.05) is 23.5 Å². The minimum absolute atomic E-state index is 0.112. The Labute approximate surface area is 122 Å². The van der Waals surface area contributed by atoms with Crippen molar-refractivity contribution in [2.45, 2.75) is 6.54 Å². The van der Waals surface area contributed by atoms with Gasteiger partial charge < -0.3 is 5.32 Å². The zero-order valence-corrected chi connectivity index (χ0v) is 11.3. The van der Waals surface area contributed by atoms with Crippen LogP contribution in [0.1, 0.15) is 16.1 Å². The van der Waals surface area contributed by atoms with E-state index in [2.05, 4.69) is 20.5 Å². The standard InChI is InChI=1S/C16H14N4O/c21-16(18-11-15-3-1-2-8-17-15)13-6-4-12(5-7-13)14-9-19-20-10-14/h1-10H,11H2,(H,18,21)(H,19,20). The Morgan fingerprint density at radius 2 is 1.95 bits per heavy atom. The van der Waals surface area contributed by atoms with Crippen LogP contribution in [0.25, 0.3) is 11.1 Å². The second kappa shape index (κ2) is 6.00. The van der Waals surface area contributed by atoms with Gasteiger partial charge in [0.15, 0.2) is 0 Å². The van der Waals surface area contributed by atoms with Crippen molar-refractivity contribution in [1.82, 2.24) is 20.5 Å². The molecule has 0 aliphatic rings. The maximum Gasteiger partial charge on any atom is 0.251 e. The zero-order chi connectivity index (χ0) is 14.5. The monoisotopic (exact) mass is 278 g/mol. The molecular formula is C16H14N4O. The third-order valence-electron chi connectivity index (χ3n) is 3.13. The summed E-state index contributed by atoms with van der Waals surface area (Å²) >= 11 is 0. The molecule has 21 heavy (non-hydrogen) atoms. The first-order valence-corrected chi connectivity index (χ1v) is 6.60. The SMILES string of the molecule is O=C(NCc1ccccn1)c1ccc(-c2cn[nH]c2)cc1. The van der Waals surface area contributed by atoms with Crippen LogP contribution in [0.3, 0.4) is 0 Å². The molecule has 5 nitrogen and oxygen atoms in total. The van der Waals surface area contributed by atoms with Gasteiger partial charge in [-0.25, -0.2) is 0 Å². The van der Waals surface area contributed by atoms with Gasteiger partial charge in [-0.05, 0) is 29.8 Å². The minimum atomic E-state index is -0.112. The van der Waals surface area contributed by atoms with Crippen molar-refractivity contribution in [3.63, 3.8) is 0 Å². The maximum absolute atomic E-state index is 12.1. The number of amides is 1. The van der Waals surface area contributed by atoms with E-state index in [9.17, 15) is 4.79 Å². The fourth-order valence-electron chi connectivity index (χ4n) is 2.00. The first-order chi connectivity index (χ1) is 10.3. The summed E-state index contributed by atoms with van der Waals surface area (Å²) in [5.41, 5.74) is 3.47. The van der Waals surface area contributed by atoms with Crippen molar-refractivity contribution >= 4 is 5.91 Å². The van der Waals surface area contributed by atoms with E-state index >= 15 is 0 Å². The molecule has 104 valence electrons. The lowest BCUT2D eigenvalue weighted by Gasteiger charge is -2.05. The van der Waals surface area contributed by atoms with Crippen molar-refractivity contribution < 1.29 is 4.79 Å². The number of aromatic amines is 1. The number of pyridine rings is 1. The number of nitrogens with one attached hydrogen (secondary N) is 2. The molecular weight excluding hydrogens is 264 g/mol. The van der Waals surface area contributed by atoms with Crippen molar-refractivity contribution in [3.05, 3.63) is 72.3 Å². The van der Waals surface area contributed by atoms with Crippen LogP contribution in [0.2, 0.25) is 0 Å². The predicted octanol–water partition coefficient (Wildman–Crippen LogP) is 2.40. The number of carbonyl (C=O) groups excluding carboxylic acids is 1. The molecule has 0 fully saturated rings. The van der Waals surface area contributed by atoms with Crippen LogP contribution in [-0.4, -0.2) is 21.1 Å². The molecule has 0 unspecified atom stereocenters. The summed E-state index contributed by atoms with van der Waals surface area (Å²) in [5.74, 6) is -0.112. The third kappa shape index (κ3) is 3.14. The molecule has 0 radical (unpaired) electrons. The second-order valence-corrected chi connectivity index (χ2v) is 4.57. The van der Waals surface area contributed by atoms with Crippen LogP contribution in [0.4, 0.5) is 0 Å².